The van der Waals surface area contributed by atoms with Crippen molar-refractivity contribution in [1.82, 2.24) is 20.1 Å². The maximum absolute atomic E-state index is 11.8. The second kappa shape index (κ2) is 7.62. The number of unbranched alkanes of at least 4 members (excludes halogenated alkanes) is 1. The largest absolute Gasteiger partial charge is 0.346 e. The lowest BCUT2D eigenvalue weighted by atomic mass is 10.2. The Morgan fingerprint density at radius 1 is 1.35 bits per heavy atom. The van der Waals surface area contributed by atoms with Crippen LogP contribution in [0.25, 0.3) is 0 Å². The molecule has 1 aliphatic rings. The number of hydrogen-bond donors (Lipinski definition) is 1. The van der Waals surface area contributed by atoms with Gasteiger partial charge in [0, 0.05) is 25.3 Å². The summed E-state index contributed by atoms with van der Waals surface area (Å²) in [7, 11) is 0. The van der Waals surface area contributed by atoms with Crippen molar-refractivity contribution in [2.24, 2.45) is 0 Å². The number of alkyl halides is 1. The molecule has 20 heavy (non-hydrogen) atoms. The first kappa shape index (κ1) is 15.3. The molecule has 1 atom stereocenters. The topological polar surface area (TPSA) is 59.8 Å². The van der Waals surface area contributed by atoms with Crippen molar-refractivity contribution in [3.05, 3.63) is 11.6 Å². The molecule has 6 heteroatoms. The molecule has 0 fully saturated rings. The summed E-state index contributed by atoms with van der Waals surface area (Å²) in [5, 5.41) is 11.5. The second-order valence-corrected chi connectivity index (χ2v) is 5.75. The minimum atomic E-state index is -0.0853. The van der Waals surface area contributed by atoms with Crippen LogP contribution in [0.1, 0.15) is 63.1 Å². The summed E-state index contributed by atoms with van der Waals surface area (Å²) in [6, 6.07) is -0.0853. The number of aryl methyl sites for hydroxylation is 1. The fraction of sp³-hybridized carbons (Fsp3) is 0.786. The summed E-state index contributed by atoms with van der Waals surface area (Å²) in [5.74, 6) is 2.61. The van der Waals surface area contributed by atoms with Gasteiger partial charge in [-0.05, 0) is 32.6 Å². The number of halogens is 1. The number of nitrogens with one attached hydrogen (secondary N) is 1. The van der Waals surface area contributed by atoms with Gasteiger partial charge in [0.15, 0.2) is 5.82 Å². The van der Waals surface area contributed by atoms with E-state index in [1.165, 1.54) is 12.8 Å². The molecule has 0 spiro atoms. The van der Waals surface area contributed by atoms with Crippen LogP contribution in [0.3, 0.4) is 0 Å². The molecule has 0 radical (unpaired) electrons. The zero-order chi connectivity index (χ0) is 14.4. The molecule has 0 saturated heterocycles. The van der Waals surface area contributed by atoms with E-state index in [0.29, 0.717) is 12.3 Å². The lowest BCUT2D eigenvalue weighted by Crippen LogP contribution is -2.28. The quantitative estimate of drug-likeness (QED) is 0.649. The molecular weight excluding hydrogens is 276 g/mol. The molecule has 5 nitrogen and oxygen atoms in total. The van der Waals surface area contributed by atoms with Gasteiger partial charge in [0.25, 0.3) is 0 Å². The van der Waals surface area contributed by atoms with Crippen molar-refractivity contribution in [2.45, 2.75) is 64.5 Å². The summed E-state index contributed by atoms with van der Waals surface area (Å²) in [5.41, 5.74) is 0. The van der Waals surface area contributed by atoms with Crippen LogP contribution in [0.5, 0.6) is 0 Å². The van der Waals surface area contributed by atoms with Gasteiger partial charge in [0.05, 0.1) is 6.04 Å². The van der Waals surface area contributed by atoms with E-state index in [2.05, 4.69) is 20.1 Å². The fourth-order valence-corrected chi connectivity index (χ4v) is 2.78. The average molecular weight is 299 g/mol. The first-order valence-corrected chi connectivity index (χ1v) is 8.03. The summed E-state index contributed by atoms with van der Waals surface area (Å²) in [6.07, 6.45) is 6.80. The van der Waals surface area contributed by atoms with Gasteiger partial charge < -0.3 is 9.88 Å². The highest BCUT2D eigenvalue weighted by atomic mass is 35.5. The van der Waals surface area contributed by atoms with Gasteiger partial charge >= 0.3 is 0 Å². The minimum Gasteiger partial charge on any atom is -0.346 e. The number of fused-ring (bicyclic) bond motifs is 1. The van der Waals surface area contributed by atoms with E-state index in [0.717, 1.165) is 43.9 Å². The smallest absolute Gasteiger partial charge is 0.220 e. The van der Waals surface area contributed by atoms with E-state index >= 15 is 0 Å². The summed E-state index contributed by atoms with van der Waals surface area (Å²) < 4.78 is 2.18. The van der Waals surface area contributed by atoms with E-state index in [1.807, 2.05) is 6.92 Å². The normalized spacial score (nSPS) is 16.3. The molecular formula is C14H23ClN4O. The van der Waals surface area contributed by atoms with Gasteiger partial charge in [-0.2, -0.15) is 0 Å². The lowest BCUT2D eigenvalue weighted by Gasteiger charge is -2.15. The third-order valence-corrected chi connectivity index (χ3v) is 3.96. The first-order valence-electron chi connectivity index (χ1n) is 7.49. The van der Waals surface area contributed by atoms with Gasteiger partial charge in [-0.3, -0.25) is 4.79 Å². The third kappa shape index (κ3) is 3.95. The van der Waals surface area contributed by atoms with E-state index in [9.17, 15) is 4.79 Å². The van der Waals surface area contributed by atoms with E-state index in [4.69, 9.17) is 11.6 Å². The van der Waals surface area contributed by atoms with Crippen molar-refractivity contribution in [3.8, 4) is 0 Å². The van der Waals surface area contributed by atoms with Crippen LogP contribution in [0.2, 0.25) is 0 Å². The van der Waals surface area contributed by atoms with Crippen LogP contribution < -0.4 is 5.32 Å². The Kier molecular flexibility index (Phi) is 5.83. The molecule has 1 aliphatic heterocycles. The Labute approximate surface area is 125 Å². The number of carbonyl (C=O) groups is 1. The molecule has 0 aromatic carbocycles. The minimum absolute atomic E-state index is 0.0635. The Bertz CT molecular complexity index is 446. The Hall–Kier alpha value is -1.10. The summed E-state index contributed by atoms with van der Waals surface area (Å²) in [4.78, 5) is 11.8. The van der Waals surface area contributed by atoms with Crippen LogP contribution in [-0.2, 0) is 17.8 Å². The molecule has 1 N–H and O–H groups in total. The van der Waals surface area contributed by atoms with Gasteiger partial charge in [0.1, 0.15) is 5.82 Å². The highest BCUT2D eigenvalue weighted by Gasteiger charge is 2.20. The van der Waals surface area contributed by atoms with Gasteiger partial charge in [-0.15, -0.1) is 21.8 Å². The highest BCUT2D eigenvalue weighted by molar-refractivity contribution is 6.17. The Morgan fingerprint density at radius 2 is 2.20 bits per heavy atom. The standard InChI is InChI=1S/C14H23ClN4O/c1-11(16-13(20)8-4-5-9-15)14-18-17-12-7-3-2-6-10-19(12)14/h11H,2-10H2,1H3,(H,16,20). The van der Waals surface area contributed by atoms with Crippen LogP contribution in [-0.4, -0.2) is 26.6 Å². The molecule has 1 aromatic heterocycles. The number of rotatable bonds is 6. The zero-order valence-corrected chi connectivity index (χ0v) is 12.8. The van der Waals surface area contributed by atoms with Gasteiger partial charge in [0.2, 0.25) is 5.91 Å². The van der Waals surface area contributed by atoms with Crippen LogP contribution in [0.4, 0.5) is 0 Å². The number of nitrogens with zero attached hydrogens (tertiary/aromatic N) is 3. The molecule has 1 amide bonds. The third-order valence-electron chi connectivity index (χ3n) is 3.69. The van der Waals surface area contributed by atoms with Crippen LogP contribution >= 0.6 is 11.6 Å². The highest BCUT2D eigenvalue weighted by Crippen LogP contribution is 2.18. The van der Waals surface area contributed by atoms with Crippen molar-refractivity contribution >= 4 is 17.5 Å². The second-order valence-electron chi connectivity index (χ2n) is 5.37. The number of aromatic nitrogens is 3. The van der Waals surface area contributed by atoms with Crippen molar-refractivity contribution < 1.29 is 4.79 Å². The molecule has 1 aromatic rings. The lowest BCUT2D eigenvalue weighted by molar-refractivity contribution is -0.121. The zero-order valence-electron chi connectivity index (χ0n) is 12.1. The van der Waals surface area contributed by atoms with Crippen molar-refractivity contribution in [3.63, 3.8) is 0 Å². The molecule has 2 heterocycles. The van der Waals surface area contributed by atoms with Crippen molar-refractivity contribution in [1.29, 1.82) is 0 Å². The predicted molar refractivity (Wildman–Crippen MR) is 78.7 cm³/mol. The fourth-order valence-electron chi connectivity index (χ4n) is 2.59. The SMILES string of the molecule is CC(NC(=O)CCCCCl)c1nnc2n1CCCCC2. The molecule has 0 aliphatic carbocycles. The Balaban J connectivity index is 1.94. The van der Waals surface area contributed by atoms with Crippen LogP contribution in [0, 0.1) is 0 Å². The van der Waals surface area contributed by atoms with E-state index in [1.54, 1.807) is 0 Å². The molecule has 0 bridgehead atoms. The number of carbonyl (C=O) groups excluding carboxylic acids is 1. The predicted octanol–water partition coefficient (Wildman–Crippen LogP) is 2.59. The van der Waals surface area contributed by atoms with Gasteiger partial charge in [-0.1, -0.05) is 6.42 Å². The monoisotopic (exact) mass is 298 g/mol. The maximum Gasteiger partial charge on any atom is 0.220 e. The van der Waals surface area contributed by atoms with Crippen LogP contribution in [0.15, 0.2) is 0 Å². The molecule has 0 saturated carbocycles. The molecule has 112 valence electrons. The van der Waals surface area contributed by atoms with E-state index in [-0.39, 0.29) is 11.9 Å². The first-order chi connectivity index (χ1) is 9.72. The average Bonchev–Trinajstić information content (AvgIpc) is 2.68. The van der Waals surface area contributed by atoms with E-state index < -0.39 is 0 Å². The summed E-state index contributed by atoms with van der Waals surface area (Å²) in [6.45, 7) is 2.94. The molecule has 1 unspecified atom stereocenters. The maximum atomic E-state index is 11.8. The number of amides is 1. The Morgan fingerprint density at radius 3 is 3.00 bits per heavy atom. The number of hydrogen-bond acceptors (Lipinski definition) is 3. The summed E-state index contributed by atoms with van der Waals surface area (Å²) >= 11 is 5.61. The molecule has 2 rings (SSSR count). The van der Waals surface area contributed by atoms with Crippen molar-refractivity contribution in [2.75, 3.05) is 5.88 Å². The van der Waals surface area contributed by atoms with Gasteiger partial charge in [-0.25, -0.2) is 0 Å².